The number of halogens is 1. The van der Waals surface area contributed by atoms with Crippen LogP contribution < -0.4 is 17.0 Å². The summed E-state index contributed by atoms with van der Waals surface area (Å²) >= 11 is 0. The normalized spacial score (nSPS) is 42.3. The third-order valence-electron chi connectivity index (χ3n) is 7.49. The summed E-state index contributed by atoms with van der Waals surface area (Å²) in [5.74, 6) is 5.66. The molecule has 0 radical (unpaired) electrons. The summed E-state index contributed by atoms with van der Waals surface area (Å²) < 4.78 is 5.67. The number of rotatable bonds is 5. The second-order valence-electron chi connectivity index (χ2n) is 9.91. The van der Waals surface area contributed by atoms with Crippen LogP contribution in [0.5, 0.6) is 0 Å². The van der Waals surface area contributed by atoms with Crippen molar-refractivity contribution in [2.24, 2.45) is 23.2 Å². The fourth-order valence-corrected chi connectivity index (χ4v) is 8.91. The third-order valence-corrected chi connectivity index (χ3v) is 9.73. The Bertz CT molecular complexity index is 586. The van der Waals surface area contributed by atoms with Gasteiger partial charge in [-0.15, -0.1) is 0 Å². The van der Waals surface area contributed by atoms with E-state index in [1.165, 1.54) is 38.5 Å². The van der Waals surface area contributed by atoms with Crippen LogP contribution >= 0.6 is 0 Å². The Kier molecular flexibility index (Phi) is 6.23. The van der Waals surface area contributed by atoms with Crippen molar-refractivity contribution in [3.63, 3.8) is 0 Å². The summed E-state index contributed by atoms with van der Waals surface area (Å²) in [6, 6.07) is 0. The first kappa shape index (κ1) is 21.4. The zero-order valence-electron chi connectivity index (χ0n) is 16.7. The Morgan fingerprint density at radius 2 is 1.52 bits per heavy atom. The highest BCUT2D eigenvalue weighted by atomic mass is 79.9. The average molecular weight is 457 g/mol. The van der Waals surface area contributed by atoms with Gasteiger partial charge in [-0.05, 0) is 81.0 Å². The van der Waals surface area contributed by atoms with Crippen LogP contribution in [0.4, 0.5) is 0 Å². The van der Waals surface area contributed by atoms with Crippen molar-refractivity contribution in [3.8, 4) is 0 Å². The van der Waals surface area contributed by atoms with Gasteiger partial charge in [0.1, 0.15) is 17.1 Å². The minimum atomic E-state index is -0.372. The first-order chi connectivity index (χ1) is 12.3. The van der Waals surface area contributed by atoms with Gasteiger partial charge in [0, 0.05) is 23.8 Å². The first-order valence-corrected chi connectivity index (χ1v) is 12.1. The maximum Gasteiger partial charge on any atom is 0.333 e. The molecule has 0 atom stereocenters. The molecule has 0 N–H and O–H groups in total. The number of carbonyl (C=O) groups excluding carboxylic acids is 2. The van der Waals surface area contributed by atoms with E-state index in [0.717, 1.165) is 47.9 Å². The number of Topliss-reactive ketones (excluding diaryl/α,β-unsaturated/α-hetero) is 1. The molecule has 4 bridgehead atoms. The van der Waals surface area contributed by atoms with E-state index >= 15 is 0 Å². The molecule has 4 saturated carbocycles. The van der Waals surface area contributed by atoms with Crippen molar-refractivity contribution in [3.05, 3.63) is 12.2 Å². The molecule has 3 nitrogen and oxygen atoms in total. The zero-order valence-corrected chi connectivity index (χ0v) is 19.1. The molecule has 1 saturated heterocycles. The zero-order chi connectivity index (χ0) is 18.5. The molecule has 5 rings (SSSR count). The molecule has 0 aromatic carbocycles. The highest BCUT2D eigenvalue weighted by Crippen LogP contribution is 2.60. The van der Waals surface area contributed by atoms with Crippen LogP contribution in [0.3, 0.4) is 0 Å². The lowest BCUT2D eigenvalue weighted by molar-refractivity contribution is -0.153. The van der Waals surface area contributed by atoms with Crippen molar-refractivity contribution in [1.82, 2.24) is 0 Å². The van der Waals surface area contributed by atoms with Crippen LogP contribution in [-0.4, -0.2) is 34.6 Å². The minimum Gasteiger partial charge on any atom is -1.00 e. The fraction of sp³-hybridized carbons (Fsp3) is 0.818. The topological polar surface area (TPSA) is 43.4 Å². The molecule has 0 spiro atoms. The van der Waals surface area contributed by atoms with Crippen LogP contribution in [0, 0.1) is 23.2 Å². The predicted molar refractivity (Wildman–Crippen MR) is 106 cm³/mol. The molecule has 4 aliphatic carbocycles. The first-order valence-electron chi connectivity index (χ1n) is 10.3. The summed E-state index contributed by atoms with van der Waals surface area (Å²) in [7, 11) is 0.177. The van der Waals surface area contributed by atoms with Gasteiger partial charge in [-0.2, -0.15) is 0 Å². The second-order valence-corrected chi connectivity index (χ2v) is 12.2. The Labute approximate surface area is 177 Å². The molecule has 27 heavy (non-hydrogen) atoms. The lowest BCUT2D eigenvalue weighted by atomic mass is 9.48. The SMILES string of the molecule is C=C(C)C(=O)OC1(C)CC[S+](CC(=O)C23CC4CC(CC(C4)C2)C3)CC1.[Br-]. The maximum absolute atomic E-state index is 13.3. The van der Waals surface area contributed by atoms with Crippen LogP contribution in [0.1, 0.15) is 65.2 Å². The largest absolute Gasteiger partial charge is 1.00 e. The van der Waals surface area contributed by atoms with Gasteiger partial charge in [0.25, 0.3) is 0 Å². The van der Waals surface area contributed by atoms with E-state index in [4.69, 9.17) is 4.74 Å². The van der Waals surface area contributed by atoms with Crippen LogP contribution in [0.2, 0.25) is 0 Å². The number of hydrogen-bond acceptors (Lipinski definition) is 3. The summed E-state index contributed by atoms with van der Waals surface area (Å²) in [5.41, 5.74) is 0.144. The number of carbonyl (C=O) groups is 2. The monoisotopic (exact) mass is 456 g/mol. The van der Waals surface area contributed by atoms with Gasteiger partial charge in [-0.3, -0.25) is 4.79 Å². The predicted octanol–water partition coefficient (Wildman–Crippen LogP) is 1.07. The number of ether oxygens (including phenoxy) is 1. The molecule has 0 aromatic rings. The smallest absolute Gasteiger partial charge is 0.333 e. The van der Waals surface area contributed by atoms with Gasteiger partial charge < -0.3 is 21.7 Å². The molecule has 0 unspecified atom stereocenters. The van der Waals surface area contributed by atoms with E-state index in [2.05, 4.69) is 6.58 Å². The third kappa shape index (κ3) is 4.34. The van der Waals surface area contributed by atoms with Gasteiger partial charge in [0.05, 0.1) is 0 Å². The van der Waals surface area contributed by atoms with Crippen molar-refractivity contribution < 1.29 is 31.3 Å². The lowest BCUT2D eigenvalue weighted by Gasteiger charge is -2.55. The number of hydrogen-bond donors (Lipinski definition) is 0. The Balaban J connectivity index is 0.00000210. The molecule has 1 aliphatic heterocycles. The van der Waals surface area contributed by atoms with Crippen molar-refractivity contribution >= 4 is 22.6 Å². The standard InChI is InChI=1S/C22H33O3S.BrH/c1-15(2)20(24)25-21(3)4-6-26(7-5-21)14-19(23)22-11-16-8-17(12-22)10-18(9-16)13-22;/h16-18H,1,4-14H2,2-3H3;1H/q+1;/p-1. The molecule has 152 valence electrons. The number of esters is 1. The highest BCUT2D eigenvalue weighted by molar-refractivity contribution is 7.97. The molecule has 5 heteroatoms. The summed E-state index contributed by atoms with van der Waals surface area (Å²) in [6.07, 6.45) is 9.49. The molecular formula is C22H33BrO3S. The van der Waals surface area contributed by atoms with Gasteiger partial charge in [0.15, 0.2) is 11.5 Å². The second kappa shape index (κ2) is 7.85. The van der Waals surface area contributed by atoms with Gasteiger partial charge in [-0.1, -0.05) is 6.58 Å². The Morgan fingerprint density at radius 3 is 1.96 bits per heavy atom. The van der Waals surface area contributed by atoms with Crippen LogP contribution in [-0.2, 0) is 25.2 Å². The van der Waals surface area contributed by atoms with E-state index < -0.39 is 0 Å². The molecule has 5 aliphatic rings. The number of ketones is 1. The Morgan fingerprint density at radius 1 is 1.04 bits per heavy atom. The average Bonchev–Trinajstić information content (AvgIpc) is 2.55. The summed E-state index contributed by atoms with van der Waals surface area (Å²) in [6.45, 7) is 7.41. The van der Waals surface area contributed by atoms with E-state index in [0.29, 0.717) is 11.4 Å². The molecule has 0 aromatic heterocycles. The van der Waals surface area contributed by atoms with Gasteiger partial charge in [-0.25, -0.2) is 4.79 Å². The van der Waals surface area contributed by atoms with Crippen molar-refractivity contribution in [1.29, 1.82) is 0 Å². The molecule has 1 heterocycles. The quantitative estimate of drug-likeness (QED) is 0.353. The van der Waals surface area contributed by atoms with E-state index in [1.54, 1.807) is 6.92 Å². The molecule has 0 amide bonds. The van der Waals surface area contributed by atoms with Crippen LogP contribution in [0.15, 0.2) is 12.2 Å². The van der Waals surface area contributed by atoms with Crippen molar-refractivity contribution in [2.75, 3.05) is 17.3 Å². The van der Waals surface area contributed by atoms with Gasteiger partial charge in [0.2, 0.25) is 0 Å². The summed E-state index contributed by atoms with van der Waals surface area (Å²) in [5, 5.41) is 0. The molecule has 5 fully saturated rings. The van der Waals surface area contributed by atoms with E-state index in [1.807, 2.05) is 6.92 Å². The minimum absolute atomic E-state index is 0. The van der Waals surface area contributed by atoms with Gasteiger partial charge >= 0.3 is 5.97 Å². The Hall–Kier alpha value is -0.290. The van der Waals surface area contributed by atoms with E-state index in [9.17, 15) is 9.59 Å². The highest BCUT2D eigenvalue weighted by Gasteiger charge is 2.55. The van der Waals surface area contributed by atoms with E-state index in [-0.39, 0.29) is 44.9 Å². The summed E-state index contributed by atoms with van der Waals surface area (Å²) in [4.78, 5) is 25.2. The fourth-order valence-electron chi connectivity index (χ4n) is 6.30. The van der Waals surface area contributed by atoms with Crippen LogP contribution in [0.25, 0.3) is 0 Å². The maximum atomic E-state index is 13.3. The molecular weight excluding hydrogens is 424 g/mol. The lowest BCUT2D eigenvalue weighted by Crippen LogP contribution is -3.00. The van der Waals surface area contributed by atoms with Crippen molar-refractivity contribution in [2.45, 2.75) is 70.8 Å².